The maximum atomic E-state index is 14.2. The summed E-state index contributed by atoms with van der Waals surface area (Å²) in [7, 11) is 1.82. The minimum atomic E-state index is -4.42. The van der Waals surface area contributed by atoms with Gasteiger partial charge in [-0.05, 0) is 60.2 Å². The number of rotatable bonds is 5. The topological polar surface area (TPSA) is 66.9 Å². The first-order chi connectivity index (χ1) is 18.6. The van der Waals surface area contributed by atoms with E-state index in [0.29, 0.717) is 45.3 Å². The van der Waals surface area contributed by atoms with E-state index in [2.05, 4.69) is 16.0 Å². The summed E-state index contributed by atoms with van der Waals surface area (Å²) in [5.41, 5.74) is 5.80. The molecular formula is C30H25F4N5. The molecule has 5 rings (SSSR count). The van der Waals surface area contributed by atoms with Crippen LogP contribution in [0.15, 0.2) is 65.6 Å². The second kappa shape index (κ2) is 10.1. The van der Waals surface area contributed by atoms with Gasteiger partial charge < -0.3 is 4.57 Å². The second-order valence-electron chi connectivity index (χ2n) is 9.66. The predicted octanol–water partition coefficient (Wildman–Crippen LogP) is 6.98. The van der Waals surface area contributed by atoms with Gasteiger partial charge in [0.25, 0.3) is 0 Å². The summed E-state index contributed by atoms with van der Waals surface area (Å²) in [6.07, 6.45) is 2.04. The van der Waals surface area contributed by atoms with Crippen LogP contribution in [0.25, 0.3) is 22.0 Å². The van der Waals surface area contributed by atoms with Crippen LogP contribution in [0.2, 0.25) is 0 Å². The molecule has 5 nitrogen and oxygen atoms in total. The van der Waals surface area contributed by atoms with Gasteiger partial charge in [-0.2, -0.15) is 18.4 Å². The molecule has 198 valence electrons. The van der Waals surface area contributed by atoms with Crippen molar-refractivity contribution in [2.45, 2.75) is 44.8 Å². The van der Waals surface area contributed by atoms with Gasteiger partial charge in [0.1, 0.15) is 17.9 Å². The number of aliphatic imine (C=N–C) groups is 1. The second-order valence-corrected chi connectivity index (χ2v) is 9.66. The molecule has 0 saturated heterocycles. The molecule has 39 heavy (non-hydrogen) atoms. The van der Waals surface area contributed by atoms with E-state index in [9.17, 15) is 22.8 Å². The van der Waals surface area contributed by atoms with Crippen LogP contribution in [0, 0.1) is 24.1 Å². The van der Waals surface area contributed by atoms with Crippen molar-refractivity contribution in [3.63, 3.8) is 0 Å². The standard InChI is InChI=1S/C30H25F4N5/c1-4-24-28(18-6-5-7-21(31)11-18)23(13-35)22-12-20(10-17(2)29(22)38-24)27(25-15-36-16-39(25)3)19-8-9-26(37-14-19)30(32,33)34/h5-8,10-12,14-16,26-27H,4,9H2,1-3H3. The highest BCUT2D eigenvalue weighted by Gasteiger charge is 2.40. The SMILES string of the molecule is CCc1nc2c(C)cc(C(C3=CCC(C(F)(F)F)N=C3)c3cncn3C)cc2c(C#N)c1-c1cccc(F)c1. The monoisotopic (exact) mass is 531 g/mol. The van der Waals surface area contributed by atoms with E-state index in [1.54, 1.807) is 30.7 Å². The van der Waals surface area contributed by atoms with Gasteiger partial charge in [0.2, 0.25) is 0 Å². The molecular weight excluding hydrogens is 506 g/mol. The lowest BCUT2D eigenvalue weighted by atomic mass is 9.84. The molecule has 2 aromatic carbocycles. The summed E-state index contributed by atoms with van der Waals surface area (Å²) in [4.78, 5) is 12.9. The van der Waals surface area contributed by atoms with E-state index in [0.717, 1.165) is 16.8 Å². The van der Waals surface area contributed by atoms with Crippen LogP contribution < -0.4 is 0 Å². The largest absolute Gasteiger partial charge is 0.411 e. The number of aryl methyl sites for hydroxylation is 3. The highest BCUT2D eigenvalue weighted by Crippen LogP contribution is 2.39. The predicted molar refractivity (Wildman–Crippen MR) is 142 cm³/mol. The average molecular weight is 532 g/mol. The molecule has 0 bridgehead atoms. The van der Waals surface area contributed by atoms with Gasteiger partial charge in [0, 0.05) is 41.8 Å². The number of nitrogens with zero attached hydrogens (tertiary/aromatic N) is 5. The Morgan fingerprint density at radius 3 is 2.59 bits per heavy atom. The van der Waals surface area contributed by atoms with E-state index < -0.39 is 24.0 Å². The highest BCUT2D eigenvalue weighted by molar-refractivity contribution is 5.95. The molecule has 1 aliphatic rings. The van der Waals surface area contributed by atoms with Crippen molar-refractivity contribution in [1.82, 2.24) is 14.5 Å². The van der Waals surface area contributed by atoms with E-state index in [-0.39, 0.29) is 6.42 Å². The molecule has 0 fully saturated rings. The number of fused-ring (bicyclic) bond motifs is 1. The molecule has 3 heterocycles. The Morgan fingerprint density at radius 2 is 2.00 bits per heavy atom. The van der Waals surface area contributed by atoms with Gasteiger partial charge >= 0.3 is 6.18 Å². The number of pyridine rings is 1. The summed E-state index contributed by atoms with van der Waals surface area (Å²) in [5, 5.41) is 10.9. The molecule has 2 unspecified atom stereocenters. The van der Waals surface area contributed by atoms with Crippen molar-refractivity contribution in [1.29, 1.82) is 5.26 Å². The normalized spacial score (nSPS) is 16.3. The van der Waals surface area contributed by atoms with Gasteiger partial charge in [-0.25, -0.2) is 9.37 Å². The zero-order valence-corrected chi connectivity index (χ0v) is 21.6. The highest BCUT2D eigenvalue weighted by atomic mass is 19.4. The number of hydrogen-bond acceptors (Lipinski definition) is 4. The van der Waals surface area contributed by atoms with E-state index in [1.807, 2.05) is 37.6 Å². The minimum absolute atomic E-state index is 0.259. The maximum Gasteiger partial charge on any atom is 0.411 e. The molecule has 4 aromatic rings. The fourth-order valence-corrected chi connectivity index (χ4v) is 5.24. The van der Waals surface area contributed by atoms with Crippen LogP contribution in [0.5, 0.6) is 0 Å². The average Bonchev–Trinajstić information content (AvgIpc) is 3.32. The zero-order chi connectivity index (χ0) is 27.9. The van der Waals surface area contributed by atoms with Crippen molar-refractivity contribution < 1.29 is 17.6 Å². The Hall–Kier alpha value is -4.32. The fourth-order valence-electron chi connectivity index (χ4n) is 5.24. The fraction of sp³-hybridized carbons (Fsp3) is 0.267. The van der Waals surface area contributed by atoms with Crippen molar-refractivity contribution in [3.05, 3.63) is 94.5 Å². The van der Waals surface area contributed by atoms with Crippen molar-refractivity contribution in [2.24, 2.45) is 12.0 Å². The number of hydrogen-bond donors (Lipinski definition) is 0. The Bertz CT molecular complexity index is 1670. The Balaban J connectivity index is 1.75. The first-order valence-corrected chi connectivity index (χ1v) is 12.5. The third kappa shape index (κ3) is 4.83. The Labute approximate surface area is 223 Å². The Kier molecular flexibility index (Phi) is 6.81. The van der Waals surface area contributed by atoms with Gasteiger partial charge in [-0.15, -0.1) is 0 Å². The number of nitriles is 1. The van der Waals surface area contributed by atoms with Crippen molar-refractivity contribution >= 4 is 17.1 Å². The van der Waals surface area contributed by atoms with Gasteiger partial charge in [-0.1, -0.05) is 31.2 Å². The zero-order valence-electron chi connectivity index (χ0n) is 21.6. The third-order valence-corrected chi connectivity index (χ3v) is 7.11. The molecule has 2 atom stereocenters. The molecule has 0 N–H and O–H groups in total. The third-order valence-electron chi connectivity index (χ3n) is 7.11. The minimum Gasteiger partial charge on any atom is -0.337 e. The number of benzene rings is 2. The summed E-state index contributed by atoms with van der Waals surface area (Å²) < 4.78 is 55.9. The first-order valence-electron chi connectivity index (χ1n) is 12.5. The molecule has 0 saturated carbocycles. The van der Waals surface area contributed by atoms with Crippen LogP contribution >= 0.6 is 0 Å². The smallest absolute Gasteiger partial charge is 0.337 e. The lowest BCUT2D eigenvalue weighted by molar-refractivity contribution is -0.146. The summed E-state index contributed by atoms with van der Waals surface area (Å²) in [5.74, 6) is -0.894. The van der Waals surface area contributed by atoms with E-state index in [4.69, 9.17) is 4.98 Å². The number of allylic oxidation sites excluding steroid dienone is 1. The lowest BCUT2D eigenvalue weighted by Gasteiger charge is -2.25. The molecule has 0 aliphatic carbocycles. The van der Waals surface area contributed by atoms with Gasteiger partial charge in [0.05, 0.1) is 23.3 Å². The van der Waals surface area contributed by atoms with Crippen LogP contribution in [-0.4, -0.2) is 33.0 Å². The lowest BCUT2D eigenvalue weighted by Crippen LogP contribution is -2.29. The molecule has 9 heteroatoms. The van der Waals surface area contributed by atoms with E-state index >= 15 is 0 Å². The van der Waals surface area contributed by atoms with Crippen molar-refractivity contribution in [3.8, 4) is 17.2 Å². The van der Waals surface area contributed by atoms with Crippen LogP contribution in [0.1, 0.15) is 47.3 Å². The molecule has 1 aliphatic heterocycles. The quantitative estimate of drug-likeness (QED) is 0.261. The first kappa shape index (κ1) is 26.3. The van der Waals surface area contributed by atoms with Crippen LogP contribution in [0.3, 0.4) is 0 Å². The molecule has 2 aromatic heterocycles. The number of alkyl halides is 3. The van der Waals surface area contributed by atoms with Crippen LogP contribution in [0.4, 0.5) is 17.6 Å². The summed E-state index contributed by atoms with van der Waals surface area (Å²) >= 11 is 0. The Morgan fingerprint density at radius 1 is 1.21 bits per heavy atom. The van der Waals surface area contributed by atoms with Gasteiger partial charge in [-0.3, -0.25) is 9.98 Å². The van der Waals surface area contributed by atoms with Gasteiger partial charge in [0.15, 0.2) is 0 Å². The number of aromatic nitrogens is 3. The van der Waals surface area contributed by atoms with E-state index in [1.165, 1.54) is 18.3 Å². The molecule has 0 spiro atoms. The van der Waals surface area contributed by atoms with Crippen LogP contribution in [-0.2, 0) is 13.5 Å². The molecule has 0 amide bonds. The molecule has 0 radical (unpaired) electrons. The summed E-state index contributed by atoms with van der Waals surface area (Å²) in [6.45, 7) is 3.83. The maximum absolute atomic E-state index is 14.2. The number of dihydropyridines is 1. The number of imidazole rings is 1. The van der Waals surface area contributed by atoms with Crippen molar-refractivity contribution in [2.75, 3.05) is 0 Å². The number of halogens is 4. The summed E-state index contributed by atoms with van der Waals surface area (Å²) in [6, 6.07) is 10.4.